The van der Waals surface area contributed by atoms with Crippen molar-refractivity contribution in [1.29, 1.82) is 0 Å². The first-order chi connectivity index (χ1) is 6.25. The minimum Gasteiger partial charge on any atom is -0.330 e. The van der Waals surface area contributed by atoms with E-state index < -0.39 is 0 Å². The summed E-state index contributed by atoms with van der Waals surface area (Å²) in [6.45, 7) is 5.27. The van der Waals surface area contributed by atoms with Crippen LogP contribution in [-0.4, -0.2) is 11.5 Å². The summed E-state index contributed by atoms with van der Waals surface area (Å²) in [7, 11) is 0. The van der Waals surface area contributed by atoms with E-state index in [9.17, 15) is 0 Å². The molecule has 2 atom stereocenters. The molecule has 0 aromatic carbocycles. The smallest absolute Gasteiger partial charge is 0.0270 e. The molecule has 0 saturated heterocycles. The quantitative estimate of drug-likeness (QED) is 0.767. The lowest BCUT2D eigenvalue weighted by atomic mass is 9.87. The van der Waals surface area contributed by atoms with Crippen LogP contribution in [0, 0.1) is 5.92 Å². The predicted octanol–water partition coefficient (Wildman–Crippen LogP) is 2.17. The summed E-state index contributed by atoms with van der Waals surface area (Å²) in [6.07, 6.45) is 4.78. The van der Waals surface area contributed by atoms with Crippen LogP contribution in [0.5, 0.6) is 0 Å². The molecule has 2 unspecified atom stereocenters. The standard InChI is InChI=1S/C11H18N2/c1-9(3-6-12)10(2)11-4-7-13-8-5-11/h4-5,7-10H,3,6,12H2,1-2H3. The Labute approximate surface area is 80.2 Å². The van der Waals surface area contributed by atoms with Gasteiger partial charge in [-0.05, 0) is 42.5 Å². The fourth-order valence-electron chi connectivity index (χ4n) is 1.51. The number of pyridine rings is 1. The van der Waals surface area contributed by atoms with Crippen molar-refractivity contribution in [2.24, 2.45) is 11.7 Å². The molecule has 1 heterocycles. The fourth-order valence-corrected chi connectivity index (χ4v) is 1.51. The highest BCUT2D eigenvalue weighted by molar-refractivity contribution is 5.15. The first-order valence-corrected chi connectivity index (χ1v) is 4.85. The molecule has 2 nitrogen and oxygen atoms in total. The van der Waals surface area contributed by atoms with Crippen LogP contribution < -0.4 is 5.73 Å². The monoisotopic (exact) mass is 178 g/mol. The van der Waals surface area contributed by atoms with E-state index >= 15 is 0 Å². The van der Waals surface area contributed by atoms with Crippen LogP contribution in [-0.2, 0) is 0 Å². The Morgan fingerprint density at radius 1 is 1.31 bits per heavy atom. The molecule has 0 aliphatic rings. The normalized spacial score (nSPS) is 15.3. The van der Waals surface area contributed by atoms with Crippen molar-refractivity contribution >= 4 is 0 Å². The van der Waals surface area contributed by atoms with E-state index in [0.29, 0.717) is 11.8 Å². The number of nitrogens with zero attached hydrogens (tertiary/aromatic N) is 1. The third-order valence-corrected chi connectivity index (χ3v) is 2.71. The third-order valence-electron chi connectivity index (χ3n) is 2.71. The van der Waals surface area contributed by atoms with Gasteiger partial charge in [-0.25, -0.2) is 0 Å². The number of nitrogens with two attached hydrogens (primary N) is 1. The maximum absolute atomic E-state index is 5.53. The summed E-state index contributed by atoms with van der Waals surface area (Å²) in [5.74, 6) is 1.22. The molecule has 1 aromatic heterocycles. The molecule has 0 aliphatic heterocycles. The second kappa shape index (κ2) is 4.97. The molecule has 0 aliphatic carbocycles. The van der Waals surface area contributed by atoms with Crippen LogP contribution in [0.4, 0.5) is 0 Å². The van der Waals surface area contributed by atoms with Crippen molar-refractivity contribution in [1.82, 2.24) is 4.98 Å². The maximum Gasteiger partial charge on any atom is 0.0270 e. The Bertz CT molecular complexity index is 233. The van der Waals surface area contributed by atoms with Gasteiger partial charge < -0.3 is 5.73 Å². The molecule has 0 radical (unpaired) electrons. The Morgan fingerprint density at radius 2 is 1.92 bits per heavy atom. The van der Waals surface area contributed by atoms with Gasteiger partial charge in [-0.2, -0.15) is 0 Å². The Kier molecular flexibility index (Phi) is 3.90. The molecule has 1 aromatic rings. The maximum atomic E-state index is 5.53. The van der Waals surface area contributed by atoms with Gasteiger partial charge in [-0.3, -0.25) is 4.98 Å². The van der Waals surface area contributed by atoms with Crippen LogP contribution in [0.2, 0.25) is 0 Å². The summed E-state index contributed by atoms with van der Waals surface area (Å²) in [4.78, 5) is 4.01. The minimum absolute atomic E-state index is 0.576. The SMILES string of the molecule is CC(CCN)C(C)c1ccncc1. The summed E-state index contributed by atoms with van der Waals surface area (Å²) in [5.41, 5.74) is 6.89. The van der Waals surface area contributed by atoms with Gasteiger partial charge in [0, 0.05) is 12.4 Å². The van der Waals surface area contributed by atoms with Crippen LogP contribution in [0.1, 0.15) is 31.7 Å². The topological polar surface area (TPSA) is 38.9 Å². The lowest BCUT2D eigenvalue weighted by Crippen LogP contribution is -2.11. The van der Waals surface area contributed by atoms with Gasteiger partial charge in [-0.1, -0.05) is 13.8 Å². The van der Waals surface area contributed by atoms with E-state index in [1.165, 1.54) is 5.56 Å². The van der Waals surface area contributed by atoms with Gasteiger partial charge in [0.25, 0.3) is 0 Å². The molecule has 2 heteroatoms. The first kappa shape index (κ1) is 10.2. The van der Waals surface area contributed by atoms with Crippen molar-refractivity contribution < 1.29 is 0 Å². The lowest BCUT2D eigenvalue weighted by Gasteiger charge is -2.19. The summed E-state index contributed by atoms with van der Waals surface area (Å²) in [5, 5.41) is 0. The predicted molar refractivity (Wildman–Crippen MR) is 55.5 cm³/mol. The number of hydrogen-bond donors (Lipinski definition) is 1. The highest BCUT2D eigenvalue weighted by Gasteiger charge is 2.12. The van der Waals surface area contributed by atoms with Crippen LogP contribution >= 0.6 is 0 Å². The second-order valence-electron chi connectivity index (χ2n) is 3.62. The van der Waals surface area contributed by atoms with E-state index in [0.717, 1.165) is 13.0 Å². The number of rotatable bonds is 4. The van der Waals surface area contributed by atoms with Gasteiger partial charge in [0.2, 0.25) is 0 Å². The molecule has 0 fully saturated rings. The van der Waals surface area contributed by atoms with E-state index in [-0.39, 0.29) is 0 Å². The summed E-state index contributed by atoms with van der Waals surface area (Å²) < 4.78 is 0. The van der Waals surface area contributed by atoms with Crippen molar-refractivity contribution in [3.63, 3.8) is 0 Å². The molecule has 0 bridgehead atoms. The summed E-state index contributed by atoms with van der Waals surface area (Å²) in [6, 6.07) is 4.16. The zero-order valence-corrected chi connectivity index (χ0v) is 8.40. The van der Waals surface area contributed by atoms with Crippen LogP contribution in [0.15, 0.2) is 24.5 Å². The Balaban J connectivity index is 2.62. The Morgan fingerprint density at radius 3 is 2.46 bits per heavy atom. The van der Waals surface area contributed by atoms with E-state index in [1.54, 1.807) is 0 Å². The zero-order valence-electron chi connectivity index (χ0n) is 8.40. The highest BCUT2D eigenvalue weighted by atomic mass is 14.6. The van der Waals surface area contributed by atoms with E-state index in [4.69, 9.17) is 5.73 Å². The van der Waals surface area contributed by atoms with Gasteiger partial charge in [0.1, 0.15) is 0 Å². The minimum atomic E-state index is 0.576. The molecule has 2 N–H and O–H groups in total. The largest absolute Gasteiger partial charge is 0.330 e. The van der Waals surface area contributed by atoms with Crippen LogP contribution in [0.3, 0.4) is 0 Å². The summed E-state index contributed by atoms with van der Waals surface area (Å²) >= 11 is 0. The molecule has 72 valence electrons. The zero-order chi connectivity index (χ0) is 9.68. The van der Waals surface area contributed by atoms with Gasteiger partial charge >= 0.3 is 0 Å². The van der Waals surface area contributed by atoms with Crippen molar-refractivity contribution in [3.05, 3.63) is 30.1 Å². The third kappa shape index (κ3) is 2.81. The van der Waals surface area contributed by atoms with Gasteiger partial charge in [0.15, 0.2) is 0 Å². The number of aromatic nitrogens is 1. The van der Waals surface area contributed by atoms with Gasteiger partial charge in [-0.15, -0.1) is 0 Å². The molecular formula is C11H18N2. The molecule has 13 heavy (non-hydrogen) atoms. The molecule has 0 saturated carbocycles. The fraction of sp³-hybridized carbons (Fsp3) is 0.545. The highest BCUT2D eigenvalue weighted by Crippen LogP contribution is 2.25. The molecule has 0 amide bonds. The molecule has 1 rings (SSSR count). The molecular weight excluding hydrogens is 160 g/mol. The van der Waals surface area contributed by atoms with Crippen molar-refractivity contribution in [2.75, 3.05) is 6.54 Å². The lowest BCUT2D eigenvalue weighted by molar-refractivity contribution is 0.459. The molecule has 0 spiro atoms. The van der Waals surface area contributed by atoms with E-state index in [2.05, 4.69) is 31.0 Å². The first-order valence-electron chi connectivity index (χ1n) is 4.85. The van der Waals surface area contributed by atoms with Gasteiger partial charge in [0.05, 0.1) is 0 Å². The van der Waals surface area contributed by atoms with E-state index in [1.807, 2.05) is 12.4 Å². The van der Waals surface area contributed by atoms with Crippen molar-refractivity contribution in [3.8, 4) is 0 Å². The average Bonchev–Trinajstić information content (AvgIpc) is 2.18. The average molecular weight is 178 g/mol. The number of hydrogen-bond acceptors (Lipinski definition) is 2. The Hall–Kier alpha value is -0.890. The van der Waals surface area contributed by atoms with Crippen molar-refractivity contribution in [2.45, 2.75) is 26.2 Å². The second-order valence-corrected chi connectivity index (χ2v) is 3.62. The van der Waals surface area contributed by atoms with Crippen LogP contribution in [0.25, 0.3) is 0 Å².